The van der Waals surface area contributed by atoms with Gasteiger partial charge >= 0.3 is 0 Å². The Hall–Kier alpha value is -1.07. The van der Waals surface area contributed by atoms with Crippen LogP contribution in [0.25, 0.3) is 4.96 Å². The molecule has 21 heavy (non-hydrogen) atoms. The highest BCUT2D eigenvalue weighted by Crippen LogP contribution is 2.33. The van der Waals surface area contributed by atoms with E-state index in [4.69, 9.17) is 4.98 Å². The Morgan fingerprint density at radius 1 is 1.43 bits per heavy atom. The van der Waals surface area contributed by atoms with Gasteiger partial charge in [0.2, 0.25) is 0 Å². The summed E-state index contributed by atoms with van der Waals surface area (Å²) in [5.74, 6) is 2.06. The smallest absolute Gasteiger partial charge is 0.195 e. The topological polar surface area (TPSA) is 32.6 Å². The summed E-state index contributed by atoms with van der Waals surface area (Å²) < 4.78 is 2.24. The van der Waals surface area contributed by atoms with Gasteiger partial charge in [-0.05, 0) is 46.5 Å². The minimum absolute atomic E-state index is 0.116. The van der Waals surface area contributed by atoms with Crippen LogP contribution in [0.2, 0.25) is 0 Å². The Labute approximate surface area is 131 Å². The number of anilines is 1. The van der Waals surface area contributed by atoms with Gasteiger partial charge in [-0.2, -0.15) is 0 Å². The average Bonchev–Trinajstić information content (AvgIpc) is 2.99. The lowest BCUT2D eigenvalue weighted by atomic mass is 10.1. The summed E-state index contributed by atoms with van der Waals surface area (Å²) >= 11 is 1.72. The second-order valence-electron chi connectivity index (χ2n) is 7.02. The molecule has 4 nitrogen and oxygen atoms in total. The molecule has 0 saturated heterocycles. The van der Waals surface area contributed by atoms with E-state index in [9.17, 15) is 0 Å². The molecule has 1 aliphatic rings. The molecule has 3 rings (SSSR count). The first kappa shape index (κ1) is 14.9. The molecule has 1 fully saturated rings. The third kappa shape index (κ3) is 3.40. The molecule has 0 bridgehead atoms. The molecule has 1 aliphatic carbocycles. The molecule has 0 aromatic carbocycles. The normalized spacial score (nSPS) is 15.8. The van der Waals surface area contributed by atoms with Gasteiger partial charge in [0, 0.05) is 36.8 Å². The molecule has 0 atom stereocenters. The van der Waals surface area contributed by atoms with Crippen LogP contribution in [-0.4, -0.2) is 28.0 Å². The number of hydrogen-bond donors (Lipinski definition) is 1. The van der Waals surface area contributed by atoms with Gasteiger partial charge < -0.3 is 10.2 Å². The first-order valence-electron chi connectivity index (χ1n) is 7.92. The van der Waals surface area contributed by atoms with E-state index in [0.717, 1.165) is 30.5 Å². The van der Waals surface area contributed by atoms with Crippen molar-refractivity contribution in [3.05, 3.63) is 17.3 Å². The molecule has 0 aliphatic heterocycles. The van der Waals surface area contributed by atoms with Crippen molar-refractivity contribution >= 4 is 22.1 Å². The lowest BCUT2D eigenvalue weighted by Gasteiger charge is -2.24. The Balaban J connectivity index is 1.89. The highest BCUT2D eigenvalue weighted by Gasteiger charge is 2.27. The highest BCUT2D eigenvalue weighted by molar-refractivity contribution is 7.15. The molecule has 2 aromatic heterocycles. The predicted molar refractivity (Wildman–Crippen MR) is 90.3 cm³/mol. The largest absolute Gasteiger partial charge is 0.355 e. The van der Waals surface area contributed by atoms with Crippen LogP contribution in [-0.2, 0) is 6.54 Å². The van der Waals surface area contributed by atoms with Gasteiger partial charge in [0.05, 0.1) is 5.69 Å². The van der Waals surface area contributed by atoms with Crippen LogP contribution in [0.15, 0.2) is 11.6 Å². The van der Waals surface area contributed by atoms with Gasteiger partial charge in [0.15, 0.2) is 10.8 Å². The van der Waals surface area contributed by atoms with E-state index in [2.05, 4.69) is 53.9 Å². The van der Waals surface area contributed by atoms with Crippen molar-refractivity contribution in [1.82, 2.24) is 14.7 Å². The second kappa shape index (κ2) is 5.61. The second-order valence-corrected chi connectivity index (χ2v) is 7.90. The minimum atomic E-state index is 0.116. The van der Waals surface area contributed by atoms with E-state index >= 15 is 0 Å². The van der Waals surface area contributed by atoms with E-state index in [1.165, 1.54) is 24.4 Å². The number of imidazole rings is 1. The maximum atomic E-state index is 4.89. The SMILES string of the molecule is CCN(CC1CC1)c1nc2sccn2c1CNC(C)(C)C. The highest BCUT2D eigenvalue weighted by atomic mass is 32.1. The number of thiazole rings is 1. The fourth-order valence-electron chi connectivity index (χ4n) is 2.56. The van der Waals surface area contributed by atoms with E-state index in [-0.39, 0.29) is 5.54 Å². The van der Waals surface area contributed by atoms with Crippen LogP contribution in [0, 0.1) is 5.92 Å². The molecular formula is C16H26N4S. The van der Waals surface area contributed by atoms with Crippen molar-refractivity contribution in [3.8, 4) is 0 Å². The summed E-state index contributed by atoms with van der Waals surface area (Å²) in [7, 11) is 0. The molecule has 2 aromatic rings. The number of rotatable bonds is 6. The third-order valence-electron chi connectivity index (χ3n) is 3.98. The van der Waals surface area contributed by atoms with Gasteiger partial charge in [-0.1, -0.05) is 0 Å². The number of nitrogens with one attached hydrogen (secondary N) is 1. The molecule has 2 heterocycles. The van der Waals surface area contributed by atoms with Gasteiger partial charge in [-0.3, -0.25) is 4.40 Å². The van der Waals surface area contributed by atoms with Crippen molar-refractivity contribution in [2.75, 3.05) is 18.0 Å². The molecule has 0 amide bonds. The molecule has 0 unspecified atom stereocenters. The van der Waals surface area contributed by atoms with E-state index in [1.807, 2.05) is 0 Å². The summed E-state index contributed by atoms with van der Waals surface area (Å²) in [6.07, 6.45) is 4.91. The van der Waals surface area contributed by atoms with Crippen LogP contribution < -0.4 is 10.2 Å². The van der Waals surface area contributed by atoms with Crippen molar-refractivity contribution in [1.29, 1.82) is 0 Å². The summed E-state index contributed by atoms with van der Waals surface area (Å²) in [5, 5.41) is 5.73. The molecule has 1 N–H and O–H groups in total. The van der Waals surface area contributed by atoms with Crippen LogP contribution in [0.5, 0.6) is 0 Å². The average molecular weight is 306 g/mol. The van der Waals surface area contributed by atoms with Crippen molar-refractivity contribution < 1.29 is 0 Å². The fraction of sp³-hybridized carbons (Fsp3) is 0.688. The van der Waals surface area contributed by atoms with Crippen molar-refractivity contribution in [3.63, 3.8) is 0 Å². The van der Waals surface area contributed by atoms with E-state index in [0.29, 0.717) is 0 Å². The number of fused-ring (bicyclic) bond motifs is 1. The number of hydrogen-bond acceptors (Lipinski definition) is 4. The molecule has 116 valence electrons. The first-order valence-corrected chi connectivity index (χ1v) is 8.80. The van der Waals surface area contributed by atoms with Crippen molar-refractivity contribution in [2.24, 2.45) is 5.92 Å². The van der Waals surface area contributed by atoms with Crippen LogP contribution >= 0.6 is 11.3 Å². The van der Waals surface area contributed by atoms with Gasteiger partial charge in [-0.25, -0.2) is 4.98 Å². The Bertz CT molecular complexity index is 603. The zero-order valence-corrected chi connectivity index (χ0v) is 14.3. The maximum absolute atomic E-state index is 4.89. The van der Waals surface area contributed by atoms with Crippen LogP contribution in [0.4, 0.5) is 5.82 Å². The van der Waals surface area contributed by atoms with Crippen LogP contribution in [0.1, 0.15) is 46.2 Å². The molecule has 0 radical (unpaired) electrons. The summed E-state index contributed by atoms with van der Waals surface area (Å²) in [6.45, 7) is 11.9. The van der Waals surface area contributed by atoms with E-state index in [1.54, 1.807) is 11.3 Å². The summed E-state index contributed by atoms with van der Waals surface area (Å²) in [4.78, 5) is 8.45. The number of nitrogens with zero attached hydrogens (tertiary/aromatic N) is 3. The lowest BCUT2D eigenvalue weighted by molar-refractivity contribution is 0.420. The predicted octanol–water partition coefficient (Wildman–Crippen LogP) is 3.52. The van der Waals surface area contributed by atoms with Gasteiger partial charge in [0.25, 0.3) is 0 Å². The maximum Gasteiger partial charge on any atom is 0.195 e. The summed E-state index contributed by atoms with van der Waals surface area (Å²) in [5.41, 5.74) is 1.41. The zero-order valence-electron chi connectivity index (χ0n) is 13.5. The molecular weight excluding hydrogens is 280 g/mol. The molecule has 0 spiro atoms. The minimum Gasteiger partial charge on any atom is -0.355 e. The Morgan fingerprint density at radius 3 is 2.81 bits per heavy atom. The van der Waals surface area contributed by atoms with Gasteiger partial charge in [-0.15, -0.1) is 11.3 Å². The van der Waals surface area contributed by atoms with Gasteiger partial charge in [0.1, 0.15) is 0 Å². The monoisotopic (exact) mass is 306 g/mol. The Morgan fingerprint density at radius 2 is 2.19 bits per heavy atom. The summed E-state index contributed by atoms with van der Waals surface area (Å²) in [6, 6.07) is 0. The molecule has 1 saturated carbocycles. The standard InChI is InChI=1S/C16H26N4S/c1-5-19(11-12-6-7-12)14-13(10-17-16(2,3)4)20-8-9-21-15(20)18-14/h8-9,12,17H,5-7,10-11H2,1-4H3. The Kier molecular flexibility index (Phi) is 3.97. The fourth-order valence-corrected chi connectivity index (χ4v) is 3.29. The number of aromatic nitrogens is 2. The van der Waals surface area contributed by atoms with E-state index < -0.39 is 0 Å². The zero-order chi connectivity index (χ0) is 15.0. The first-order chi connectivity index (χ1) is 9.98. The quantitative estimate of drug-likeness (QED) is 0.886. The lowest BCUT2D eigenvalue weighted by Crippen LogP contribution is -2.36. The van der Waals surface area contributed by atoms with Crippen LogP contribution in [0.3, 0.4) is 0 Å². The molecule has 5 heteroatoms. The van der Waals surface area contributed by atoms with Crippen molar-refractivity contribution in [2.45, 2.75) is 52.6 Å². The third-order valence-corrected chi connectivity index (χ3v) is 4.74.